The number of esters is 1. The third-order valence-electron chi connectivity index (χ3n) is 3.12. The fraction of sp³-hybridized carbons (Fsp3) is 0.222. The van der Waals surface area contributed by atoms with Crippen LogP contribution in [0.1, 0.15) is 22.8 Å². The molecule has 0 saturated carbocycles. The highest BCUT2D eigenvalue weighted by molar-refractivity contribution is 6.18. The summed E-state index contributed by atoms with van der Waals surface area (Å²) < 4.78 is 10.3. The van der Waals surface area contributed by atoms with Gasteiger partial charge in [-0.3, -0.25) is 5.32 Å². The van der Waals surface area contributed by atoms with Crippen LogP contribution in [0.15, 0.2) is 54.6 Å². The minimum Gasteiger partial charge on any atom is -0.458 e. The number of amides is 1. The van der Waals surface area contributed by atoms with Gasteiger partial charge in [0, 0.05) is 0 Å². The largest absolute Gasteiger partial charge is 0.458 e. The van der Waals surface area contributed by atoms with Crippen LogP contribution in [-0.2, 0) is 16.1 Å². The van der Waals surface area contributed by atoms with E-state index < -0.39 is 18.2 Å². The van der Waals surface area contributed by atoms with E-state index in [0.29, 0.717) is 5.69 Å². The number of anilines is 1. The van der Waals surface area contributed by atoms with Gasteiger partial charge in [-0.2, -0.15) is 0 Å². The van der Waals surface area contributed by atoms with Gasteiger partial charge >= 0.3 is 12.1 Å². The van der Waals surface area contributed by atoms with Gasteiger partial charge < -0.3 is 9.47 Å². The summed E-state index contributed by atoms with van der Waals surface area (Å²) in [6.45, 7) is 1.83. The molecule has 0 aromatic heterocycles. The van der Waals surface area contributed by atoms with Crippen LogP contribution in [0.5, 0.6) is 0 Å². The van der Waals surface area contributed by atoms with Gasteiger partial charge in [-0.05, 0) is 24.6 Å². The van der Waals surface area contributed by atoms with E-state index in [1.165, 1.54) is 0 Å². The first-order valence-corrected chi connectivity index (χ1v) is 7.97. The molecule has 1 amide bonds. The van der Waals surface area contributed by atoms with E-state index in [1.807, 2.05) is 30.3 Å². The van der Waals surface area contributed by atoms with Gasteiger partial charge in [0.05, 0.1) is 17.1 Å². The number of hydrogen-bond acceptors (Lipinski definition) is 4. The minimum atomic E-state index is -0.649. The van der Waals surface area contributed by atoms with E-state index in [4.69, 9.17) is 21.1 Å². The average Bonchev–Trinajstić information content (AvgIpc) is 2.61. The molecule has 0 saturated heterocycles. The number of carbonyl (C=O) groups is 2. The molecule has 0 bridgehead atoms. The van der Waals surface area contributed by atoms with E-state index in [0.717, 1.165) is 5.56 Å². The Balaban J connectivity index is 1.99. The van der Waals surface area contributed by atoms with Crippen molar-refractivity contribution in [2.45, 2.75) is 19.6 Å². The molecule has 2 rings (SSSR count). The van der Waals surface area contributed by atoms with Gasteiger partial charge in [0.25, 0.3) is 0 Å². The summed E-state index contributed by atoms with van der Waals surface area (Å²) in [4.78, 5) is 24.1. The zero-order valence-corrected chi connectivity index (χ0v) is 14.0. The van der Waals surface area contributed by atoms with Crippen LogP contribution >= 0.6 is 11.6 Å². The van der Waals surface area contributed by atoms with E-state index in [-0.39, 0.29) is 18.1 Å². The molecule has 126 valence electrons. The Bertz CT molecular complexity index is 690. The van der Waals surface area contributed by atoms with Crippen molar-refractivity contribution in [3.63, 3.8) is 0 Å². The van der Waals surface area contributed by atoms with Gasteiger partial charge in [-0.15, -0.1) is 11.6 Å². The van der Waals surface area contributed by atoms with Gasteiger partial charge in [0.15, 0.2) is 0 Å². The summed E-state index contributed by atoms with van der Waals surface area (Å²) in [5.74, 6) is -0.359. The second kappa shape index (κ2) is 8.93. The van der Waals surface area contributed by atoms with E-state index in [2.05, 4.69) is 5.32 Å². The Hall–Kier alpha value is -2.53. The normalized spacial score (nSPS) is 11.4. The lowest BCUT2D eigenvalue weighted by atomic mass is 10.2. The van der Waals surface area contributed by atoms with Gasteiger partial charge in [0.1, 0.15) is 12.7 Å². The fourth-order valence-corrected chi connectivity index (χ4v) is 1.98. The first-order chi connectivity index (χ1) is 11.6. The predicted molar refractivity (Wildman–Crippen MR) is 92.3 cm³/mol. The first kappa shape index (κ1) is 17.8. The van der Waals surface area contributed by atoms with Crippen LogP contribution in [-0.4, -0.2) is 24.0 Å². The Morgan fingerprint density at radius 2 is 1.75 bits per heavy atom. The maximum absolute atomic E-state index is 12.1. The molecule has 24 heavy (non-hydrogen) atoms. The molecule has 2 aromatic rings. The Labute approximate surface area is 145 Å². The van der Waals surface area contributed by atoms with E-state index >= 15 is 0 Å². The highest BCUT2D eigenvalue weighted by Crippen LogP contribution is 2.17. The Morgan fingerprint density at radius 3 is 2.46 bits per heavy atom. The highest BCUT2D eigenvalue weighted by atomic mass is 35.5. The Morgan fingerprint density at radius 1 is 1.08 bits per heavy atom. The van der Waals surface area contributed by atoms with Gasteiger partial charge in [0.2, 0.25) is 0 Å². The minimum absolute atomic E-state index is 0.141. The number of ether oxygens (including phenoxy) is 2. The van der Waals surface area contributed by atoms with Crippen LogP contribution in [0, 0.1) is 0 Å². The van der Waals surface area contributed by atoms with Crippen molar-refractivity contribution < 1.29 is 19.1 Å². The summed E-state index contributed by atoms with van der Waals surface area (Å²) in [5.41, 5.74) is 1.43. The quantitative estimate of drug-likeness (QED) is 0.627. The monoisotopic (exact) mass is 347 g/mol. The predicted octanol–water partition coefficient (Wildman–Crippen LogP) is 4.22. The summed E-state index contributed by atoms with van der Waals surface area (Å²) in [6.07, 6.45) is -1.07. The molecule has 6 heteroatoms. The molecular formula is C18H18ClNO4. The number of hydrogen-bond donors (Lipinski definition) is 1. The standard InChI is InChI=1S/C18H18ClNO4/c1-13(11-19)24-17(21)15-9-5-6-10-16(15)20-18(22)23-12-14-7-3-2-4-8-14/h2-10,13H,11-12H2,1H3,(H,20,22). The van der Waals surface area contributed by atoms with Gasteiger partial charge in [-0.25, -0.2) is 9.59 Å². The number of carbonyl (C=O) groups excluding carboxylic acids is 2. The van der Waals surface area contributed by atoms with Crippen molar-refractivity contribution in [2.24, 2.45) is 0 Å². The lowest BCUT2D eigenvalue weighted by molar-refractivity contribution is 0.0385. The summed E-state index contributed by atoms with van der Waals surface area (Å²) in [6, 6.07) is 15.9. The molecule has 1 atom stereocenters. The molecule has 0 aliphatic rings. The maximum atomic E-state index is 12.1. The molecule has 0 heterocycles. The molecule has 0 fully saturated rings. The molecule has 5 nitrogen and oxygen atoms in total. The van der Waals surface area contributed by atoms with Gasteiger partial charge in [-0.1, -0.05) is 42.5 Å². The lowest BCUT2D eigenvalue weighted by Gasteiger charge is -2.13. The van der Waals surface area contributed by atoms with Crippen molar-refractivity contribution in [1.29, 1.82) is 0 Å². The van der Waals surface area contributed by atoms with Crippen LogP contribution in [0.4, 0.5) is 10.5 Å². The fourth-order valence-electron chi connectivity index (χ4n) is 1.92. The number of nitrogens with one attached hydrogen (secondary N) is 1. The van der Waals surface area contributed by atoms with Crippen LogP contribution < -0.4 is 5.32 Å². The second-order valence-corrected chi connectivity index (χ2v) is 5.41. The third kappa shape index (κ3) is 5.28. The molecule has 2 aromatic carbocycles. The van der Waals surface area contributed by atoms with E-state index in [9.17, 15) is 9.59 Å². The number of benzene rings is 2. The van der Waals surface area contributed by atoms with Crippen molar-refractivity contribution in [3.05, 3.63) is 65.7 Å². The highest BCUT2D eigenvalue weighted by Gasteiger charge is 2.17. The smallest absolute Gasteiger partial charge is 0.411 e. The number of alkyl halides is 1. The SMILES string of the molecule is CC(CCl)OC(=O)c1ccccc1NC(=O)OCc1ccccc1. The lowest BCUT2D eigenvalue weighted by Crippen LogP contribution is -2.20. The summed E-state index contributed by atoms with van der Waals surface area (Å²) >= 11 is 5.64. The first-order valence-electron chi connectivity index (χ1n) is 7.44. The van der Waals surface area contributed by atoms with Crippen molar-refractivity contribution >= 4 is 29.4 Å². The molecule has 1 N–H and O–H groups in total. The second-order valence-electron chi connectivity index (χ2n) is 5.10. The third-order valence-corrected chi connectivity index (χ3v) is 3.56. The molecule has 0 aliphatic carbocycles. The molecule has 0 aliphatic heterocycles. The zero-order chi connectivity index (χ0) is 17.4. The zero-order valence-electron chi connectivity index (χ0n) is 13.2. The topological polar surface area (TPSA) is 64.6 Å². The molecule has 0 radical (unpaired) electrons. The molecular weight excluding hydrogens is 330 g/mol. The molecule has 1 unspecified atom stereocenters. The summed E-state index contributed by atoms with van der Waals surface area (Å²) in [7, 11) is 0. The van der Waals surface area contributed by atoms with Crippen molar-refractivity contribution in [1.82, 2.24) is 0 Å². The number of rotatable bonds is 6. The molecule has 0 spiro atoms. The van der Waals surface area contributed by atoms with Crippen LogP contribution in [0.2, 0.25) is 0 Å². The number of halogens is 1. The van der Waals surface area contributed by atoms with Crippen molar-refractivity contribution in [2.75, 3.05) is 11.2 Å². The maximum Gasteiger partial charge on any atom is 0.411 e. The average molecular weight is 348 g/mol. The van der Waals surface area contributed by atoms with Crippen LogP contribution in [0.25, 0.3) is 0 Å². The number of para-hydroxylation sites is 1. The van der Waals surface area contributed by atoms with Crippen LogP contribution in [0.3, 0.4) is 0 Å². The van der Waals surface area contributed by atoms with E-state index in [1.54, 1.807) is 31.2 Å². The Kier molecular flexibility index (Phi) is 6.63. The van der Waals surface area contributed by atoms with Crippen molar-refractivity contribution in [3.8, 4) is 0 Å². The summed E-state index contributed by atoms with van der Waals surface area (Å²) in [5, 5.41) is 2.56.